The minimum absolute atomic E-state index is 0.555. The summed E-state index contributed by atoms with van der Waals surface area (Å²) in [7, 11) is 2.04. The van der Waals surface area contributed by atoms with E-state index in [9.17, 15) is 0 Å². The van der Waals surface area contributed by atoms with Crippen molar-refractivity contribution in [3.63, 3.8) is 0 Å². The van der Waals surface area contributed by atoms with E-state index < -0.39 is 0 Å². The highest BCUT2D eigenvalue weighted by Gasteiger charge is 2.25. The van der Waals surface area contributed by atoms with Crippen molar-refractivity contribution < 1.29 is 0 Å². The average molecular weight is 327 g/mol. The molecule has 0 bridgehead atoms. The molecule has 2 aromatic rings. The number of aromatic nitrogens is 4. The van der Waals surface area contributed by atoms with Crippen LogP contribution in [0.4, 0.5) is 0 Å². The molecule has 0 unspecified atom stereocenters. The predicted molar refractivity (Wildman–Crippen MR) is 90.5 cm³/mol. The predicted octanol–water partition coefficient (Wildman–Crippen LogP) is 3.57. The van der Waals surface area contributed by atoms with E-state index in [2.05, 4.69) is 23.3 Å². The number of fused-ring (bicyclic) bond motifs is 1. The molecule has 3 rings (SSSR count). The van der Waals surface area contributed by atoms with Gasteiger partial charge in [-0.15, -0.1) is 11.6 Å². The van der Waals surface area contributed by atoms with Crippen LogP contribution in [0.25, 0.3) is 11.2 Å². The van der Waals surface area contributed by atoms with Gasteiger partial charge >= 0.3 is 0 Å². The minimum atomic E-state index is 0.555. The van der Waals surface area contributed by atoms with Crippen LogP contribution in [-0.2, 0) is 19.9 Å². The molecule has 1 fully saturated rings. The molecular weight excluding hydrogens is 304 g/mol. The van der Waals surface area contributed by atoms with Crippen molar-refractivity contribution in [1.29, 1.82) is 0 Å². The Hall–Kier alpha value is -0.680. The van der Waals surface area contributed by atoms with Gasteiger partial charge in [-0.05, 0) is 30.8 Å². The summed E-state index contributed by atoms with van der Waals surface area (Å²) in [4.78, 5) is 4.91. The van der Waals surface area contributed by atoms with Gasteiger partial charge in [0.2, 0.25) is 0 Å². The molecule has 0 spiro atoms. The van der Waals surface area contributed by atoms with Gasteiger partial charge in [0.05, 0.1) is 5.69 Å². The molecule has 0 aliphatic carbocycles. The van der Waals surface area contributed by atoms with Crippen LogP contribution < -0.4 is 0 Å². The highest BCUT2D eigenvalue weighted by atomic mass is 35.5. The summed E-state index contributed by atoms with van der Waals surface area (Å²) >= 11 is 8.06. The first-order chi connectivity index (χ1) is 10.3. The first-order valence-electron chi connectivity index (χ1n) is 7.82. The van der Waals surface area contributed by atoms with E-state index in [1.165, 1.54) is 30.0 Å². The van der Waals surface area contributed by atoms with Crippen LogP contribution >= 0.6 is 23.4 Å². The molecule has 4 nitrogen and oxygen atoms in total. The van der Waals surface area contributed by atoms with Crippen molar-refractivity contribution in [1.82, 2.24) is 19.3 Å². The molecular formula is C15H23ClN4S. The number of aryl methyl sites for hydroxylation is 3. The second kappa shape index (κ2) is 6.61. The van der Waals surface area contributed by atoms with Crippen LogP contribution in [-0.4, -0.2) is 36.7 Å². The molecule has 116 valence electrons. The van der Waals surface area contributed by atoms with Gasteiger partial charge in [-0.3, -0.25) is 4.68 Å². The Morgan fingerprint density at radius 2 is 2.05 bits per heavy atom. The smallest absolute Gasteiger partial charge is 0.158 e. The first kappa shape index (κ1) is 15.2. The fourth-order valence-electron chi connectivity index (χ4n) is 3.24. The van der Waals surface area contributed by atoms with Crippen molar-refractivity contribution in [2.75, 3.05) is 17.4 Å². The van der Waals surface area contributed by atoms with Gasteiger partial charge in [0.15, 0.2) is 5.65 Å². The highest BCUT2D eigenvalue weighted by Crippen LogP contribution is 2.32. The second-order valence-corrected chi connectivity index (χ2v) is 7.28. The van der Waals surface area contributed by atoms with E-state index in [-0.39, 0.29) is 0 Å². The summed E-state index contributed by atoms with van der Waals surface area (Å²) in [6.07, 6.45) is 5.38. The maximum absolute atomic E-state index is 6.00. The van der Waals surface area contributed by atoms with E-state index >= 15 is 0 Å². The molecule has 6 heteroatoms. The number of alkyl halides is 1. The molecule has 0 radical (unpaired) electrons. The molecule has 1 saturated heterocycles. The lowest BCUT2D eigenvalue weighted by molar-refractivity contribution is 0.458. The first-order valence-corrected chi connectivity index (χ1v) is 9.51. The SMILES string of the molecule is CCCc1nn(C)c2c1nc(CCCl)n2C1CCSCC1. The second-order valence-electron chi connectivity index (χ2n) is 5.67. The van der Waals surface area contributed by atoms with Gasteiger partial charge < -0.3 is 4.57 Å². The molecule has 2 aromatic heterocycles. The monoisotopic (exact) mass is 326 g/mol. The van der Waals surface area contributed by atoms with E-state index in [4.69, 9.17) is 21.7 Å². The lowest BCUT2D eigenvalue weighted by atomic mass is 10.1. The maximum Gasteiger partial charge on any atom is 0.158 e. The van der Waals surface area contributed by atoms with Crippen LogP contribution in [0.2, 0.25) is 0 Å². The van der Waals surface area contributed by atoms with Gasteiger partial charge in [-0.1, -0.05) is 13.3 Å². The Morgan fingerprint density at radius 3 is 2.71 bits per heavy atom. The third-order valence-electron chi connectivity index (χ3n) is 4.17. The van der Waals surface area contributed by atoms with Crippen LogP contribution in [0.5, 0.6) is 0 Å². The van der Waals surface area contributed by atoms with Crippen LogP contribution in [0.15, 0.2) is 0 Å². The molecule has 1 aliphatic rings. The van der Waals surface area contributed by atoms with Gasteiger partial charge in [-0.2, -0.15) is 16.9 Å². The molecule has 3 heterocycles. The standard InChI is InChI=1S/C15H23ClN4S/c1-3-4-12-14-15(19(2)18-12)20(13(17-14)5-8-16)11-6-9-21-10-7-11/h11H,3-10H2,1-2H3. The zero-order chi connectivity index (χ0) is 14.8. The lowest BCUT2D eigenvalue weighted by Crippen LogP contribution is -2.19. The third kappa shape index (κ3) is 2.82. The Bertz CT molecular complexity index is 613. The zero-order valence-corrected chi connectivity index (χ0v) is 14.4. The summed E-state index contributed by atoms with van der Waals surface area (Å²) < 4.78 is 4.45. The van der Waals surface area contributed by atoms with Crippen molar-refractivity contribution >= 4 is 34.5 Å². The van der Waals surface area contributed by atoms with Crippen molar-refractivity contribution in [3.8, 4) is 0 Å². The van der Waals surface area contributed by atoms with Crippen molar-refractivity contribution in [3.05, 3.63) is 11.5 Å². The Morgan fingerprint density at radius 1 is 1.29 bits per heavy atom. The van der Waals surface area contributed by atoms with Crippen LogP contribution in [0.3, 0.4) is 0 Å². The molecule has 0 aromatic carbocycles. The lowest BCUT2D eigenvalue weighted by Gasteiger charge is -2.25. The molecule has 21 heavy (non-hydrogen) atoms. The third-order valence-corrected chi connectivity index (χ3v) is 5.41. The number of hydrogen-bond acceptors (Lipinski definition) is 3. The van der Waals surface area contributed by atoms with Gasteiger partial charge in [0.25, 0.3) is 0 Å². The van der Waals surface area contributed by atoms with Crippen molar-refractivity contribution in [2.24, 2.45) is 7.05 Å². The molecule has 0 saturated carbocycles. The van der Waals surface area contributed by atoms with Crippen molar-refractivity contribution in [2.45, 2.75) is 45.1 Å². The maximum atomic E-state index is 6.00. The van der Waals surface area contributed by atoms with Gasteiger partial charge in [0, 0.05) is 25.4 Å². The topological polar surface area (TPSA) is 35.6 Å². The summed E-state index contributed by atoms with van der Waals surface area (Å²) in [6.45, 7) is 2.19. The summed E-state index contributed by atoms with van der Waals surface area (Å²) in [5.41, 5.74) is 3.42. The molecule has 0 N–H and O–H groups in total. The zero-order valence-electron chi connectivity index (χ0n) is 12.8. The highest BCUT2D eigenvalue weighted by molar-refractivity contribution is 7.99. The summed E-state index contributed by atoms with van der Waals surface area (Å²) in [5, 5.41) is 4.69. The number of nitrogens with zero attached hydrogens (tertiary/aromatic N) is 4. The number of rotatable bonds is 5. The number of imidazole rings is 1. The Kier molecular flexibility index (Phi) is 4.79. The van der Waals surface area contributed by atoms with E-state index in [1.54, 1.807) is 0 Å². The van der Waals surface area contributed by atoms with Gasteiger partial charge in [0.1, 0.15) is 11.3 Å². The van der Waals surface area contributed by atoms with Crippen LogP contribution in [0, 0.1) is 0 Å². The fourth-order valence-corrected chi connectivity index (χ4v) is 4.49. The molecule has 1 aliphatic heterocycles. The summed E-state index contributed by atoms with van der Waals surface area (Å²) in [6, 6.07) is 0.555. The number of halogens is 1. The molecule has 0 atom stereocenters. The van der Waals surface area contributed by atoms with Gasteiger partial charge in [-0.25, -0.2) is 4.98 Å². The van der Waals surface area contributed by atoms with E-state index in [0.717, 1.165) is 36.3 Å². The fraction of sp³-hybridized carbons (Fsp3) is 0.733. The number of hydrogen-bond donors (Lipinski definition) is 0. The summed E-state index contributed by atoms with van der Waals surface area (Å²) in [5.74, 6) is 4.25. The average Bonchev–Trinajstić information content (AvgIpc) is 3.00. The van der Waals surface area contributed by atoms with E-state index in [1.807, 2.05) is 11.7 Å². The Labute approximate surface area is 135 Å². The quantitative estimate of drug-likeness (QED) is 0.788. The largest absolute Gasteiger partial charge is 0.310 e. The molecule has 0 amide bonds. The van der Waals surface area contributed by atoms with E-state index in [0.29, 0.717) is 11.9 Å². The number of thioether (sulfide) groups is 1. The van der Waals surface area contributed by atoms with Crippen LogP contribution in [0.1, 0.15) is 43.7 Å². The minimum Gasteiger partial charge on any atom is -0.310 e. The Balaban J connectivity index is 2.11. The normalized spacial score (nSPS) is 16.9.